The summed E-state index contributed by atoms with van der Waals surface area (Å²) in [5.41, 5.74) is 1.04. The topological polar surface area (TPSA) is 0 Å². The normalized spacial score (nSPS) is 12.2. The van der Waals surface area contributed by atoms with Crippen LogP contribution in [0.2, 0.25) is 0 Å². The van der Waals surface area contributed by atoms with Crippen molar-refractivity contribution in [2.75, 3.05) is 0 Å². The summed E-state index contributed by atoms with van der Waals surface area (Å²) < 4.78 is 1.09. The average molecular weight is 323 g/mol. The largest absolute Gasteiger partial charge is 0.0961 e. The zero-order valence-electron chi connectivity index (χ0n) is 11.4. The maximum absolute atomic E-state index is 4.29. The molecule has 98 valence electrons. The molecule has 1 heteroatoms. The van der Waals surface area contributed by atoms with Gasteiger partial charge in [-0.15, -0.1) is 0 Å². The van der Waals surface area contributed by atoms with Crippen LogP contribution >= 0.6 is 15.9 Å². The van der Waals surface area contributed by atoms with Gasteiger partial charge >= 0.3 is 0 Å². The molecule has 3 aromatic rings. The molecule has 0 aliphatic heterocycles. The van der Waals surface area contributed by atoms with Gasteiger partial charge < -0.3 is 0 Å². The van der Waals surface area contributed by atoms with Crippen molar-refractivity contribution in [1.29, 1.82) is 0 Å². The van der Waals surface area contributed by atoms with Gasteiger partial charge in [-0.3, -0.25) is 0 Å². The van der Waals surface area contributed by atoms with E-state index in [1.54, 1.807) is 0 Å². The van der Waals surface area contributed by atoms with Crippen LogP contribution in [0.15, 0.2) is 59.1 Å². The zero-order valence-corrected chi connectivity index (χ0v) is 13.0. The van der Waals surface area contributed by atoms with E-state index < -0.39 is 0 Å². The second-order valence-electron chi connectivity index (χ2n) is 5.12. The summed E-state index contributed by atoms with van der Waals surface area (Å²) in [5.74, 6) is 0. The predicted molar refractivity (Wildman–Crippen MR) is 93.2 cm³/mol. The minimum atomic E-state index is 1.04. The van der Waals surface area contributed by atoms with E-state index in [0.29, 0.717) is 0 Å². The Morgan fingerprint density at radius 3 is 2.40 bits per heavy atom. The lowest BCUT2D eigenvalue weighted by molar-refractivity contribution is 1.57. The molecule has 0 saturated carbocycles. The maximum Gasteiger partial charge on any atom is 0.0181 e. The van der Waals surface area contributed by atoms with E-state index in [2.05, 4.69) is 77.6 Å². The van der Waals surface area contributed by atoms with Gasteiger partial charge in [0.1, 0.15) is 0 Å². The highest BCUT2D eigenvalue weighted by atomic mass is 79.9. The van der Waals surface area contributed by atoms with E-state index in [-0.39, 0.29) is 0 Å². The van der Waals surface area contributed by atoms with Crippen LogP contribution < -0.4 is 10.4 Å². The first kappa shape index (κ1) is 13.1. The Balaban J connectivity index is 2.70. The number of benzene rings is 3. The van der Waals surface area contributed by atoms with Crippen LogP contribution in [0.4, 0.5) is 0 Å². The first-order valence-corrected chi connectivity index (χ1v) is 7.33. The van der Waals surface area contributed by atoms with Gasteiger partial charge in [-0.25, -0.2) is 0 Å². The van der Waals surface area contributed by atoms with E-state index in [9.17, 15) is 0 Å². The molecule has 0 aliphatic carbocycles. The molecule has 0 bridgehead atoms. The molecule has 0 unspecified atom stereocenters. The third-order valence-corrected chi connectivity index (χ3v) is 4.02. The Kier molecular flexibility index (Phi) is 3.23. The van der Waals surface area contributed by atoms with Crippen LogP contribution in [0.3, 0.4) is 0 Å². The van der Waals surface area contributed by atoms with Crippen LogP contribution in [0.25, 0.3) is 34.2 Å². The second-order valence-corrected chi connectivity index (χ2v) is 6.03. The van der Waals surface area contributed by atoms with E-state index >= 15 is 0 Å². The van der Waals surface area contributed by atoms with Gasteiger partial charge in [0.05, 0.1) is 0 Å². The lowest BCUT2D eigenvalue weighted by atomic mass is 9.97. The summed E-state index contributed by atoms with van der Waals surface area (Å²) in [6.45, 7) is 10.3. The van der Waals surface area contributed by atoms with Gasteiger partial charge in [0.15, 0.2) is 0 Å². The third kappa shape index (κ3) is 2.08. The number of rotatable bonds is 1. The van der Waals surface area contributed by atoms with Crippen molar-refractivity contribution in [3.05, 3.63) is 69.5 Å². The van der Waals surface area contributed by atoms with Gasteiger partial charge in [0.25, 0.3) is 0 Å². The van der Waals surface area contributed by atoms with Crippen molar-refractivity contribution < 1.29 is 0 Å². The molecule has 20 heavy (non-hydrogen) atoms. The summed E-state index contributed by atoms with van der Waals surface area (Å²) >= 11 is 3.56. The van der Waals surface area contributed by atoms with Crippen LogP contribution in [0, 0.1) is 0 Å². The number of halogens is 1. The molecule has 0 saturated heterocycles. The Hall–Kier alpha value is -1.86. The molecule has 0 spiro atoms. The molecule has 3 aromatic carbocycles. The van der Waals surface area contributed by atoms with Crippen molar-refractivity contribution in [1.82, 2.24) is 0 Å². The quantitative estimate of drug-likeness (QED) is 0.578. The molecule has 0 heterocycles. The summed E-state index contributed by atoms with van der Waals surface area (Å²) in [4.78, 5) is 0. The van der Waals surface area contributed by atoms with E-state index in [4.69, 9.17) is 0 Å². The summed E-state index contributed by atoms with van der Waals surface area (Å²) in [6.07, 6.45) is 2.12. The fourth-order valence-corrected chi connectivity index (χ4v) is 3.04. The lowest BCUT2D eigenvalue weighted by Gasteiger charge is -2.07. The SMILES string of the molecule is C=C(C)/C=c1\c(=C)c2ccc(Br)cc2c2ccccc12. The van der Waals surface area contributed by atoms with Crippen LogP contribution in [0.1, 0.15) is 6.92 Å². The van der Waals surface area contributed by atoms with Gasteiger partial charge in [0.2, 0.25) is 0 Å². The first-order valence-electron chi connectivity index (χ1n) is 6.54. The highest BCUT2D eigenvalue weighted by molar-refractivity contribution is 9.10. The highest BCUT2D eigenvalue weighted by Gasteiger charge is 2.04. The van der Waals surface area contributed by atoms with Gasteiger partial charge in [-0.05, 0) is 51.0 Å². The fraction of sp³-hybridized carbons (Fsp3) is 0.0526. The molecule has 0 aliphatic rings. The minimum Gasteiger partial charge on any atom is -0.0961 e. The number of hydrogen-bond acceptors (Lipinski definition) is 0. The molecule has 0 amide bonds. The minimum absolute atomic E-state index is 1.04. The monoisotopic (exact) mass is 322 g/mol. The standard InChI is InChI=1S/C19H15Br/c1-12(2)10-18-13(3)15-9-8-14(20)11-19(15)17-7-5-4-6-16(17)18/h4-11H,1,3H2,2H3/b18-10+. The second kappa shape index (κ2) is 4.92. The smallest absolute Gasteiger partial charge is 0.0181 e. The molecule has 0 N–H and O–H groups in total. The zero-order chi connectivity index (χ0) is 14.3. The van der Waals surface area contributed by atoms with Crippen molar-refractivity contribution >= 4 is 50.1 Å². The van der Waals surface area contributed by atoms with Crippen LogP contribution in [-0.4, -0.2) is 0 Å². The summed E-state index contributed by atoms with van der Waals surface area (Å²) in [7, 11) is 0. The first-order chi connectivity index (χ1) is 9.58. The van der Waals surface area contributed by atoms with Crippen LogP contribution in [0.5, 0.6) is 0 Å². The highest BCUT2D eigenvalue weighted by Crippen LogP contribution is 2.23. The van der Waals surface area contributed by atoms with Crippen LogP contribution in [-0.2, 0) is 0 Å². The Labute approximate surface area is 126 Å². The van der Waals surface area contributed by atoms with Crippen molar-refractivity contribution in [2.45, 2.75) is 6.92 Å². The summed E-state index contributed by atoms with van der Waals surface area (Å²) in [5, 5.41) is 7.14. The number of fused-ring (bicyclic) bond motifs is 3. The molecule has 0 atom stereocenters. The number of hydrogen-bond donors (Lipinski definition) is 0. The molecule has 0 radical (unpaired) electrons. The molecule has 3 rings (SSSR count). The Morgan fingerprint density at radius 1 is 1.00 bits per heavy atom. The maximum atomic E-state index is 4.29. The molecule has 0 aromatic heterocycles. The molecule has 0 fully saturated rings. The molecular weight excluding hydrogens is 308 g/mol. The van der Waals surface area contributed by atoms with E-state index in [0.717, 1.165) is 15.3 Å². The lowest BCUT2D eigenvalue weighted by Crippen LogP contribution is -2.25. The van der Waals surface area contributed by atoms with Gasteiger partial charge in [-0.2, -0.15) is 0 Å². The average Bonchev–Trinajstić information content (AvgIpc) is 2.43. The van der Waals surface area contributed by atoms with Gasteiger partial charge in [-0.1, -0.05) is 71.1 Å². The van der Waals surface area contributed by atoms with Crippen molar-refractivity contribution in [2.24, 2.45) is 0 Å². The Bertz CT molecular complexity index is 949. The van der Waals surface area contributed by atoms with Crippen molar-refractivity contribution in [3.8, 4) is 0 Å². The fourth-order valence-electron chi connectivity index (χ4n) is 2.67. The third-order valence-electron chi connectivity index (χ3n) is 3.53. The summed E-state index contributed by atoms with van der Waals surface area (Å²) in [6, 6.07) is 14.8. The predicted octanol–water partition coefficient (Wildman–Crippen LogP) is 4.52. The molecule has 0 nitrogen and oxygen atoms in total. The van der Waals surface area contributed by atoms with Gasteiger partial charge in [0, 0.05) is 4.47 Å². The van der Waals surface area contributed by atoms with E-state index in [1.807, 2.05) is 6.92 Å². The van der Waals surface area contributed by atoms with E-state index in [1.165, 1.54) is 26.8 Å². The Morgan fingerprint density at radius 2 is 1.70 bits per heavy atom. The molecular formula is C19H15Br. The number of allylic oxidation sites excluding steroid dienone is 1. The van der Waals surface area contributed by atoms with Crippen molar-refractivity contribution in [3.63, 3.8) is 0 Å².